The van der Waals surface area contributed by atoms with Gasteiger partial charge in [0.1, 0.15) is 0 Å². The van der Waals surface area contributed by atoms with Crippen LogP contribution in [0.15, 0.2) is 67.0 Å². The summed E-state index contributed by atoms with van der Waals surface area (Å²) in [4.78, 5) is 31.4. The van der Waals surface area contributed by atoms with E-state index in [0.29, 0.717) is 54.4 Å². The Morgan fingerprint density at radius 1 is 0.970 bits per heavy atom. The highest BCUT2D eigenvalue weighted by Crippen LogP contribution is 2.28. The van der Waals surface area contributed by atoms with Gasteiger partial charge in [-0.3, -0.25) is 14.6 Å². The van der Waals surface area contributed by atoms with Crippen molar-refractivity contribution in [2.75, 3.05) is 32.6 Å². The summed E-state index contributed by atoms with van der Waals surface area (Å²) in [6.45, 7) is 1.33. The van der Waals surface area contributed by atoms with Crippen molar-refractivity contribution in [1.82, 2.24) is 9.88 Å². The molecule has 0 fully saturated rings. The highest BCUT2D eigenvalue weighted by Gasteiger charge is 2.18. The number of nitrogens with zero attached hydrogens (tertiary/aromatic N) is 2. The van der Waals surface area contributed by atoms with Gasteiger partial charge in [-0.2, -0.15) is 0 Å². The van der Waals surface area contributed by atoms with Gasteiger partial charge in [0.2, 0.25) is 0 Å². The van der Waals surface area contributed by atoms with Crippen LogP contribution in [0.25, 0.3) is 0 Å². The van der Waals surface area contributed by atoms with Crippen molar-refractivity contribution in [3.63, 3.8) is 0 Å². The van der Waals surface area contributed by atoms with Crippen LogP contribution in [0.4, 0.5) is 5.69 Å². The lowest BCUT2D eigenvalue weighted by molar-refractivity contribution is 0.0741. The number of nitrogens with one attached hydrogen (secondary N) is 1. The van der Waals surface area contributed by atoms with E-state index < -0.39 is 0 Å². The van der Waals surface area contributed by atoms with Crippen LogP contribution in [0, 0.1) is 0 Å². The number of pyridine rings is 1. The first kappa shape index (κ1) is 23.7. The van der Waals surface area contributed by atoms with Crippen LogP contribution >= 0.6 is 0 Å². The fraction of sp³-hybridized carbons (Fsp3) is 0.240. The smallest absolute Gasteiger partial charge is 0.255 e. The Balaban J connectivity index is 1.78. The van der Waals surface area contributed by atoms with Crippen molar-refractivity contribution in [1.29, 1.82) is 0 Å². The predicted octanol–water partition coefficient (Wildman–Crippen LogP) is 3.34. The van der Waals surface area contributed by atoms with Crippen LogP contribution in [0.5, 0.6) is 11.5 Å². The average molecular weight is 449 g/mol. The maximum Gasteiger partial charge on any atom is 0.255 e. The molecular weight excluding hydrogens is 420 g/mol. The second kappa shape index (κ2) is 11.6. The minimum absolute atomic E-state index is 0.143. The molecule has 0 aliphatic carbocycles. The lowest BCUT2D eigenvalue weighted by Gasteiger charge is -2.23. The van der Waals surface area contributed by atoms with Gasteiger partial charge < -0.3 is 25.4 Å². The number of carbonyl (C=O) groups excluding carboxylic acids is 2. The first-order valence-corrected chi connectivity index (χ1v) is 10.6. The van der Waals surface area contributed by atoms with Crippen molar-refractivity contribution in [3.05, 3.63) is 83.7 Å². The molecule has 33 heavy (non-hydrogen) atoms. The van der Waals surface area contributed by atoms with Gasteiger partial charge in [0.15, 0.2) is 11.5 Å². The molecule has 3 rings (SSSR count). The molecule has 0 bridgehead atoms. The zero-order chi connectivity index (χ0) is 23.6. The van der Waals surface area contributed by atoms with Gasteiger partial charge in [0.05, 0.1) is 14.2 Å². The molecule has 2 amide bonds. The highest BCUT2D eigenvalue weighted by atomic mass is 16.5. The number of benzene rings is 2. The van der Waals surface area contributed by atoms with E-state index in [4.69, 9.17) is 15.2 Å². The lowest BCUT2D eigenvalue weighted by Crippen LogP contribution is -2.32. The summed E-state index contributed by atoms with van der Waals surface area (Å²) in [5.41, 5.74) is 8.24. The van der Waals surface area contributed by atoms with Crippen LogP contribution in [0.2, 0.25) is 0 Å². The Bertz CT molecular complexity index is 1090. The summed E-state index contributed by atoms with van der Waals surface area (Å²) in [6.07, 6.45) is 3.80. The molecule has 0 saturated heterocycles. The number of ether oxygens (including phenoxy) is 2. The van der Waals surface area contributed by atoms with Gasteiger partial charge >= 0.3 is 0 Å². The van der Waals surface area contributed by atoms with Crippen molar-refractivity contribution in [2.45, 2.75) is 13.0 Å². The third kappa shape index (κ3) is 6.30. The maximum absolute atomic E-state index is 13.3. The first-order chi connectivity index (χ1) is 16.0. The summed E-state index contributed by atoms with van der Waals surface area (Å²) in [5, 5.41) is 2.88. The van der Waals surface area contributed by atoms with E-state index in [1.165, 1.54) is 7.11 Å². The molecule has 0 spiro atoms. The number of methoxy groups -OCH3 is 2. The van der Waals surface area contributed by atoms with Crippen LogP contribution < -0.4 is 20.5 Å². The molecule has 0 saturated carbocycles. The molecule has 8 nitrogen and oxygen atoms in total. The Labute approximate surface area is 193 Å². The van der Waals surface area contributed by atoms with E-state index in [1.807, 2.05) is 24.3 Å². The van der Waals surface area contributed by atoms with Crippen LogP contribution in [0.1, 0.15) is 32.7 Å². The fourth-order valence-electron chi connectivity index (χ4n) is 3.36. The van der Waals surface area contributed by atoms with Crippen LogP contribution in [-0.2, 0) is 6.54 Å². The van der Waals surface area contributed by atoms with E-state index in [0.717, 1.165) is 5.56 Å². The monoisotopic (exact) mass is 448 g/mol. The van der Waals surface area contributed by atoms with E-state index in [1.54, 1.807) is 54.7 Å². The molecule has 0 atom stereocenters. The van der Waals surface area contributed by atoms with Crippen molar-refractivity contribution in [2.24, 2.45) is 5.73 Å². The summed E-state index contributed by atoms with van der Waals surface area (Å²) in [6, 6.07) is 15.8. The zero-order valence-corrected chi connectivity index (χ0v) is 18.8. The number of anilines is 1. The number of nitrogens with two attached hydrogens (primary N) is 1. The molecule has 172 valence electrons. The van der Waals surface area contributed by atoms with Gasteiger partial charge in [-0.1, -0.05) is 12.1 Å². The quantitative estimate of drug-likeness (QED) is 0.493. The molecule has 0 radical (unpaired) electrons. The molecule has 3 N–H and O–H groups in total. The van der Waals surface area contributed by atoms with Crippen molar-refractivity contribution in [3.8, 4) is 11.5 Å². The van der Waals surface area contributed by atoms with Crippen molar-refractivity contribution < 1.29 is 19.1 Å². The highest BCUT2D eigenvalue weighted by molar-refractivity contribution is 6.04. The second-order valence-corrected chi connectivity index (χ2v) is 7.33. The molecule has 8 heteroatoms. The maximum atomic E-state index is 13.3. The molecule has 1 heterocycles. The topological polar surface area (TPSA) is 107 Å². The molecule has 2 aromatic carbocycles. The SMILES string of the molecule is COc1ccc(C(=O)N(CCCN)Cc2cccc(NC(=O)c3ccncc3)c2)cc1OC. The molecule has 0 aliphatic rings. The van der Waals surface area contributed by atoms with Gasteiger partial charge in [-0.25, -0.2) is 0 Å². The Morgan fingerprint density at radius 2 is 1.73 bits per heavy atom. The molecule has 1 aromatic heterocycles. The number of carbonyl (C=O) groups is 2. The minimum atomic E-state index is -0.226. The Hall–Kier alpha value is -3.91. The van der Waals surface area contributed by atoms with Crippen molar-refractivity contribution >= 4 is 17.5 Å². The molecule has 3 aromatic rings. The average Bonchev–Trinajstić information content (AvgIpc) is 2.86. The summed E-state index contributed by atoms with van der Waals surface area (Å²) < 4.78 is 10.6. The fourth-order valence-corrected chi connectivity index (χ4v) is 3.36. The van der Waals surface area contributed by atoms with Gasteiger partial charge in [0.25, 0.3) is 11.8 Å². The van der Waals surface area contributed by atoms with E-state index in [2.05, 4.69) is 10.3 Å². The standard InChI is InChI=1S/C25H28N4O4/c1-32-22-8-7-20(16-23(22)33-2)25(31)29(14-4-11-26)17-18-5-3-6-21(15-18)28-24(30)19-9-12-27-13-10-19/h3,5-10,12-13,15-16H,4,11,14,17,26H2,1-2H3,(H,28,30). The van der Waals surface area contributed by atoms with Crippen LogP contribution in [-0.4, -0.2) is 49.0 Å². The van der Waals surface area contributed by atoms with E-state index >= 15 is 0 Å². The molecular formula is C25H28N4O4. The summed E-state index contributed by atoms with van der Waals surface area (Å²) in [5.74, 6) is 0.676. The number of rotatable bonds is 10. The zero-order valence-electron chi connectivity index (χ0n) is 18.8. The third-order valence-electron chi connectivity index (χ3n) is 5.05. The third-order valence-corrected chi connectivity index (χ3v) is 5.05. The van der Waals surface area contributed by atoms with E-state index in [-0.39, 0.29) is 11.8 Å². The van der Waals surface area contributed by atoms with Gasteiger partial charge in [-0.05, 0) is 61.0 Å². The summed E-state index contributed by atoms with van der Waals surface area (Å²) >= 11 is 0. The van der Waals surface area contributed by atoms with E-state index in [9.17, 15) is 9.59 Å². The number of aromatic nitrogens is 1. The Morgan fingerprint density at radius 3 is 2.42 bits per heavy atom. The molecule has 0 aliphatic heterocycles. The Kier molecular flexibility index (Phi) is 8.37. The number of amides is 2. The second-order valence-electron chi connectivity index (χ2n) is 7.33. The first-order valence-electron chi connectivity index (χ1n) is 10.6. The summed E-state index contributed by atoms with van der Waals surface area (Å²) in [7, 11) is 3.08. The largest absolute Gasteiger partial charge is 0.493 e. The normalized spacial score (nSPS) is 10.4. The number of hydrogen-bond donors (Lipinski definition) is 2. The minimum Gasteiger partial charge on any atom is -0.493 e. The number of hydrogen-bond acceptors (Lipinski definition) is 6. The van der Waals surface area contributed by atoms with Gasteiger partial charge in [-0.15, -0.1) is 0 Å². The van der Waals surface area contributed by atoms with Crippen LogP contribution in [0.3, 0.4) is 0 Å². The predicted molar refractivity (Wildman–Crippen MR) is 127 cm³/mol. The lowest BCUT2D eigenvalue weighted by atomic mass is 10.1. The molecule has 0 unspecified atom stereocenters. The van der Waals surface area contributed by atoms with Gasteiger partial charge in [0, 0.05) is 42.3 Å².